The van der Waals surface area contributed by atoms with Gasteiger partial charge in [-0.15, -0.1) is 0 Å². The monoisotopic (exact) mass is 1610 g/mol. The molecule has 0 bridgehead atoms. The van der Waals surface area contributed by atoms with Crippen molar-refractivity contribution in [1.29, 1.82) is 21.6 Å². The maximum atomic E-state index is 15.7. The Labute approximate surface area is 666 Å². The van der Waals surface area contributed by atoms with Crippen molar-refractivity contribution in [2.24, 2.45) is 28.3 Å². The van der Waals surface area contributed by atoms with Crippen LogP contribution in [0.5, 0.6) is 0 Å². The van der Waals surface area contributed by atoms with Crippen LogP contribution in [0.15, 0.2) is 72.9 Å². The van der Waals surface area contributed by atoms with Crippen LogP contribution in [0.25, 0.3) is 21.7 Å². The van der Waals surface area contributed by atoms with Gasteiger partial charge in [-0.1, -0.05) is 81.4 Å². The van der Waals surface area contributed by atoms with Gasteiger partial charge in [0.1, 0.15) is 66.5 Å². The van der Waals surface area contributed by atoms with E-state index in [9.17, 15) is 53.4 Å². The summed E-state index contributed by atoms with van der Waals surface area (Å²) in [6.07, 6.45) is -0.286. The second kappa shape index (κ2) is 44.2. The number of aromatic nitrogens is 1. The van der Waals surface area contributed by atoms with Crippen LogP contribution in [0.4, 0.5) is 0 Å². The van der Waals surface area contributed by atoms with E-state index in [0.29, 0.717) is 22.0 Å². The molecule has 1 fully saturated rings. The lowest BCUT2D eigenvalue weighted by Gasteiger charge is -2.34. The quantitative estimate of drug-likeness (QED) is 0.00918. The second-order valence-corrected chi connectivity index (χ2v) is 30.9. The Kier molecular flexibility index (Phi) is 36.1. The number of para-hydroxylation sites is 1. The number of amides is 11. The molecule has 1 aromatic heterocycles. The third kappa shape index (κ3) is 30.1. The van der Waals surface area contributed by atoms with Crippen molar-refractivity contribution in [3.05, 3.63) is 84.1 Å². The highest BCUT2D eigenvalue weighted by Gasteiger charge is 2.44. The number of carbonyl (C=O) groups excluding carboxylic acids is 11. The van der Waals surface area contributed by atoms with E-state index in [1.54, 1.807) is 57.3 Å². The number of carboxylic acids is 1. The van der Waals surface area contributed by atoms with Crippen molar-refractivity contribution >= 4 is 142 Å². The van der Waals surface area contributed by atoms with Gasteiger partial charge in [-0.25, -0.2) is 4.79 Å². The fraction of sp³-hybridized carbons (Fsp3) is 0.534. The zero-order chi connectivity index (χ0) is 84.0. The van der Waals surface area contributed by atoms with Crippen molar-refractivity contribution in [2.45, 2.75) is 203 Å². The number of nitrogens with zero attached hydrogens (tertiary/aromatic N) is 1. The molecule has 620 valence electrons. The lowest BCUT2D eigenvalue weighted by molar-refractivity contribution is -0.145. The summed E-state index contributed by atoms with van der Waals surface area (Å²) < 4.78 is -1.46. The Morgan fingerprint density at radius 2 is 0.982 bits per heavy atom. The Morgan fingerprint density at radius 3 is 1.44 bits per heavy atom. The number of hydrogen-bond donors (Lipinski definition) is 27. The molecule has 40 heteroatoms. The maximum Gasteiger partial charge on any atom is 0.326 e. The van der Waals surface area contributed by atoms with E-state index in [1.807, 2.05) is 36.4 Å². The van der Waals surface area contributed by atoms with Crippen molar-refractivity contribution in [2.75, 3.05) is 38.5 Å². The molecule has 11 amide bonds. The van der Waals surface area contributed by atoms with Crippen LogP contribution in [0.3, 0.4) is 0 Å². The predicted octanol–water partition coefficient (Wildman–Crippen LogP) is -2.83. The summed E-state index contributed by atoms with van der Waals surface area (Å²) in [5.74, 6) is -12.7. The van der Waals surface area contributed by atoms with E-state index < -0.39 is 166 Å². The van der Waals surface area contributed by atoms with E-state index in [-0.39, 0.29) is 127 Å². The summed E-state index contributed by atoms with van der Waals surface area (Å²) in [6, 6.07) is 3.63. The number of carboxylic acid groups (broad SMARTS) is 1. The van der Waals surface area contributed by atoms with Gasteiger partial charge in [0.25, 0.3) is 0 Å². The molecule has 29 N–H and O–H groups in total. The third-order valence-electron chi connectivity index (χ3n) is 18.5. The van der Waals surface area contributed by atoms with Gasteiger partial charge in [-0.05, 0) is 118 Å². The standard InChI is InChI=1S/C73H112N24O14S2/c1-38(98)54(64(107)91-49(24-15-31-85-71(80)81)60(103)96-56(67(110)111)72(3,4)5)94-65(108)55(73(6,7)113)95-63(106)53-25-16-32-97(53)66(109)51(35-43-36-86-45-20-11-10-19-44(43)45)93-61(104)50(34-40-26-27-41-17-8-9-18-42(41)33-40)92-59(102)48(23-14-30-84-70(78)79)89-57(100)46(21-12-28-82-68(74)75)88-58(101)47(22-13-29-83-69(76)77)90-62(105)52(37-112)87-39(2)99/h8-11,17-20,26-27,33,36,38,46-56,86,98,112-113H,12-16,21-25,28-32,34-35,37H2,1-7H3,(H,87,99)(H,88,101)(H,89,100)(H,90,105)(H,91,107)(H,92,102)(H,93,104)(H,94,108)(H,95,106)(H,96,103)(H,110,111)(H4,74,75,82)(H4,76,77,83)(H4,78,79,84)(H4,80,81,85)/t38-,46+,47-,48+,49+,50+,51+,52+,53+,54+,55-,56-/m1/s1. The molecule has 3 aromatic carbocycles. The van der Waals surface area contributed by atoms with Gasteiger partial charge in [-0.3, -0.25) is 74.4 Å². The second-order valence-electron chi connectivity index (χ2n) is 29.3. The number of likely N-dealkylation sites (tertiary alicyclic amines) is 1. The van der Waals surface area contributed by atoms with Gasteiger partial charge in [0.2, 0.25) is 65.0 Å². The number of nitrogens with two attached hydrogens (primary N) is 4. The number of fused-ring (bicyclic) bond motifs is 2. The van der Waals surface area contributed by atoms with Gasteiger partial charge in [0.15, 0.2) is 23.8 Å². The van der Waals surface area contributed by atoms with Crippen molar-refractivity contribution < 1.29 is 67.7 Å². The van der Waals surface area contributed by atoms with Gasteiger partial charge >= 0.3 is 5.97 Å². The van der Waals surface area contributed by atoms with E-state index in [4.69, 9.17) is 44.6 Å². The Hall–Kier alpha value is -11.2. The number of aromatic amines is 1. The first-order valence-electron chi connectivity index (χ1n) is 37.1. The first-order valence-corrected chi connectivity index (χ1v) is 38.2. The van der Waals surface area contributed by atoms with Crippen LogP contribution < -0.4 is 97.4 Å². The molecule has 0 aliphatic carbocycles. The van der Waals surface area contributed by atoms with Gasteiger partial charge < -0.3 is 117 Å². The minimum Gasteiger partial charge on any atom is -0.480 e. The molecule has 12 atom stereocenters. The molecule has 0 unspecified atom stereocenters. The van der Waals surface area contributed by atoms with Crippen LogP contribution in [-0.4, -0.2) is 231 Å². The summed E-state index contributed by atoms with van der Waals surface area (Å²) in [4.78, 5) is 176. The number of rotatable bonds is 44. The summed E-state index contributed by atoms with van der Waals surface area (Å²) in [5.41, 5.74) is 22.9. The van der Waals surface area contributed by atoms with Crippen molar-refractivity contribution in [3.8, 4) is 0 Å². The van der Waals surface area contributed by atoms with Crippen LogP contribution in [-0.2, 0) is 70.4 Å². The molecule has 1 saturated heterocycles. The molecular weight excluding hydrogens is 1500 g/mol. The number of carbonyl (C=O) groups is 12. The van der Waals surface area contributed by atoms with Crippen LogP contribution in [0.2, 0.25) is 0 Å². The molecule has 1 aliphatic rings. The number of guanidine groups is 4. The highest BCUT2D eigenvalue weighted by Crippen LogP contribution is 2.27. The first-order chi connectivity index (χ1) is 53.2. The number of benzene rings is 3. The maximum absolute atomic E-state index is 15.7. The minimum absolute atomic E-state index is 0.0137. The van der Waals surface area contributed by atoms with Crippen molar-refractivity contribution in [1.82, 2.24) is 84.3 Å². The SMILES string of the molecule is CC(=O)N[C@@H](CS)C(=O)N[C@H](CCCNC(=N)N)C(=O)N[C@@H](CCCNC(=N)N)C(=O)N[C@@H](CCCNC(=N)N)C(=O)N[C@@H](Cc1ccc2ccccc2c1)C(=O)N[C@@H](Cc1c[nH]c2ccccc12)C(=O)N1CCC[C@H]1C(=O)N[C@H](C(=O)N[C@H](C(=O)N[C@@H](CCCNC(=N)N)C(=O)N[C@H](C(=O)O)C(C)(C)C)[C@@H](C)O)C(C)(C)S. The average molecular weight is 1610 g/mol. The molecule has 113 heavy (non-hydrogen) atoms. The third-order valence-corrected chi connectivity index (χ3v) is 19.1. The van der Waals surface area contributed by atoms with Crippen LogP contribution >= 0.6 is 25.3 Å². The molecule has 0 saturated carbocycles. The number of thiol groups is 2. The molecular formula is C73H112N24O14S2. The molecule has 1 aliphatic heterocycles. The molecule has 0 spiro atoms. The van der Waals surface area contributed by atoms with E-state index in [0.717, 1.165) is 10.8 Å². The topological polar surface area (TPSA) is 632 Å². The number of nitrogens with one attached hydrogen (secondary N) is 19. The van der Waals surface area contributed by atoms with Gasteiger partial charge in [-0.2, -0.15) is 25.3 Å². The number of hydrogen-bond acceptors (Lipinski definition) is 19. The van der Waals surface area contributed by atoms with Gasteiger partial charge in [0, 0.05) is 80.1 Å². The zero-order valence-corrected chi connectivity index (χ0v) is 66.3. The van der Waals surface area contributed by atoms with E-state index >= 15 is 14.4 Å². The smallest absolute Gasteiger partial charge is 0.326 e. The summed E-state index contributed by atoms with van der Waals surface area (Å²) >= 11 is 8.87. The predicted molar refractivity (Wildman–Crippen MR) is 432 cm³/mol. The molecule has 4 aromatic rings. The number of H-pyrrole nitrogens is 1. The van der Waals surface area contributed by atoms with Crippen LogP contribution in [0.1, 0.15) is 124 Å². The Balaban J connectivity index is 1.52. The minimum atomic E-state index is -1.81. The van der Waals surface area contributed by atoms with Crippen LogP contribution in [0, 0.1) is 27.1 Å². The lowest BCUT2D eigenvalue weighted by Crippen LogP contribution is -2.64. The number of aliphatic hydroxyl groups is 1. The molecule has 5 rings (SSSR count). The highest BCUT2D eigenvalue weighted by atomic mass is 32.1. The molecule has 38 nitrogen and oxygen atoms in total. The zero-order valence-electron chi connectivity index (χ0n) is 64.5. The Morgan fingerprint density at radius 1 is 0.540 bits per heavy atom. The lowest BCUT2D eigenvalue weighted by atomic mass is 9.86. The highest BCUT2D eigenvalue weighted by molar-refractivity contribution is 7.81. The molecule has 0 radical (unpaired) electrons. The fourth-order valence-electron chi connectivity index (χ4n) is 12.6. The summed E-state index contributed by atoms with van der Waals surface area (Å²) in [5, 5.41) is 90.9. The fourth-order valence-corrected chi connectivity index (χ4v) is 13.1. The largest absolute Gasteiger partial charge is 0.480 e. The normalized spacial score (nSPS) is 15.7. The van der Waals surface area contributed by atoms with Crippen molar-refractivity contribution in [3.63, 3.8) is 0 Å². The summed E-state index contributed by atoms with van der Waals surface area (Å²) in [7, 11) is 0. The first kappa shape index (κ1) is 92.4. The summed E-state index contributed by atoms with van der Waals surface area (Å²) in [6.45, 7) is 10.3. The average Bonchev–Trinajstić information content (AvgIpc) is 1.72. The van der Waals surface area contributed by atoms with Gasteiger partial charge in [0.05, 0.1) is 6.10 Å². The number of aliphatic hydroxyl groups excluding tert-OH is 1. The number of aliphatic carboxylic acids is 1. The Bertz CT molecular complexity index is 4060. The van der Waals surface area contributed by atoms with E-state index in [2.05, 4.69) is 105 Å². The molecule has 2 heterocycles. The van der Waals surface area contributed by atoms with E-state index in [1.165, 1.54) is 32.6 Å².